The first-order valence-electron chi connectivity index (χ1n) is 9.60. The second-order valence-electron chi connectivity index (χ2n) is 7.07. The van der Waals surface area contributed by atoms with Crippen LogP contribution in [-0.2, 0) is 4.74 Å². The van der Waals surface area contributed by atoms with Crippen molar-refractivity contribution in [2.75, 3.05) is 11.9 Å². The van der Waals surface area contributed by atoms with Gasteiger partial charge in [-0.25, -0.2) is 4.68 Å². The third kappa shape index (κ3) is 5.18. The van der Waals surface area contributed by atoms with Crippen LogP contribution in [0.3, 0.4) is 0 Å². The number of nitrogens with zero attached hydrogens (tertiary/aromatic N) is 4. The zero-order chi connectivity index (χ0) is 20.8. The lowest BCUT2D eigenvalue weighted by Crippen LogP contribution is -2.33. The molecule has 1 saturated heterocycles. The van der Waals surface area contributed by atoms with Crippen LogP contribution in [0.15, 0.2) is 24.5 Å². The fourth-order valence-corrected chi connectivity index (χ4v) is 3.01. The van der Waals surface area contributed by atoms with E-state index in [0.29, 0.717) is 12.2 Å². The van der Waals surface area contributed by atoms with Crippen molar-refractivity contribution in [3.63, 3.8) is 0 Å². The maximum Gasteiger partial charge on any atom is 0.274 e. The molecule has 1 aliphatic heterocycles. The number of hydrogen-bond donors (Lipinski definition) is 2. The van der Waals surface area contributed by atoms with Gasteiger partial charge in [0.05, 0.1) is 29.9 Å². The smallest absolute Gasteiger partial charge is 0.274 e. The molecule has 3 heterocycles. The molecular weight excluding hydrogens is 372 g/mol. The molecule has 1 unspecified atom stereocenters. The van der Waals surface area contributed by atoms with Crippen LogP contribution >= 0.6 is 0 Å². The molecule has 0 aromatic carbocycles. The van der Waals surface area contributed by atoms with Gasteiger partial charge in [0.2, 0.25) is 0 Å². The van der Waals surface area contributed by atoms with Gasteiger partial charge in [0, 0.05) is 24.5 Å². The second-order valence-corrected chi connectivity index (χ2v) is 7.07. The van der Waals surface area contributed by atoms with Crippen LogP contribution in [0.5, 0.6) is 0 Å². The summed E-state index contributed by atoms with van der Waals surface area (Å²) in [7, 11) is 0. The van der Waals surface area contributed by atoms with Gasteiger partial charge in [-0.1, -0.05) is 0 Å². The molecule has 3 rings (SSSR count). The number of pyridine rings is 1. The highest BCUT2D eigenvalue weighted by Crippen LogP contribution is 2.25. The summed E-state index contributed by atoms with van der Waals surface area (Å²) < 4.78 is 7.31. The molecule has 2 aromatic rings. The molecule has 0 radical (unpaired) electrons. The van der Waals surface area contributed by atoms with E-state index in [1.54, 1.807) is 29.9 Å². The van der Waals surface area contributed by atoms with E-state index in [1.165, 1.54) is 6.20 Å². The van der Waals surface area contributed by atoms with Crippen LogP contribution in [0, 0.1) is 18.3 Å². The first-order chi connectivity index (χ1) is 14.0. The normalized spacial score (nSPS) is 17.2. The lowest BCUT2D eigenvalue weighted by atomic mass is 10.2. The zero-order valence-corrected chi connectivity index (χ0v) is 16.5. The minimum absolute atomic E-state index is 0.0809. The fraction of sp³-hybridized carbons (Fsp3) is 0.450. The van der Waals surface area contributed by atoms with Gasteiger partial charge in [-0.05, 0) is 45.2 Å². The van der Waals surface area contributed by atoms with Crippen molar-refractivity contribution in [1.82, 2.24) is 20.1 Å². The molecule has 9 heteroatoms. The van der Waals surface area contributed by atoms with Gasteiger partial charge in [0.1, 0.15) is 6.23 Å². The monoisotopic (exact) mass is 396 g/mol. The van der Waals surface area contributed by atoms with Crippen LogP contribution in [0.2, 0.25) is 0 Å². The van der Waals surface area contributed by atoms with Crippen molar-refractivity contribution in [1.29, 1.82) is 5.26 Å². The van der Waals surface area contributed by atoms with Crippen LogP contribution < -0.4 is 10.6 Å². The number of aryl methyl sites for hydroxylation is 1. The van der Waals surface area contributed by atoms with Crippen molar-refractivity contribution in [2.45, 2.75) is 51.8 Å². The first-order valence-corrected chi connectivity index (χ1v) is 9.60. The predicted octanol–water partition coefficient (Wildman–Crippen LogP) is 2.57. The van der Waals surface area contributed by atoms with Gasteiger partial charge < -0.3 is 15.4 Å². The lowest BCUT2D eigenvalue weighted by Gasteiger charge is -2.22. The van der Waals surface area contributed by atoms with Gasteiger partial charge in [0.15, 0.2) is 5.69 Å². The maximum absolute atomic E-state index is 12.7. The maximum atomic E-state index is 12.7. The standard InChI is InChI=1S/C20H24N6O3/c1-13-6-7-15(11-22-13)19(27)24-16-12-26(17-5-3-4-10-29-17)25-18(16)20(28)23-14(2)8-9-21/h6-7,11-12,14,17H,3-5,8,10H2,1-2H3,(H,23,28)(H,24,27)/t14-,17?/m0/s1. The number of nitrogens with one attached hydrogen (secondary N) is 2. The number of ether oxygens (including phenoxy) is 1. The predicted molar refractivity (Wildman–Crippen MR) is 105 cm³/mol. The number of rotatable bonds is 6. The van der Waals surface area contributed by atoms with Gasteiger partial charge in [-0.3, -0.25) is 14.6 Å². The van der Waals surface area contributed by atoms with E-state index in [-0.39, 0.29) is 36.0 Å². The van der Waals surface area contributed by atoms with E-state index in [1.807, 2.05) is 13.0 Å². The quantitative estimate of drug-likeness (QED) is 0.774. The average molecular weight is 396 g/mol. The number of anilines is 1. The summed E-state index contributed by atoms with van der Waals surface area (Å²) in [4.78, 5) is 29.5. The second kappa shape index (κ2) is 9.30. The molecule has 2 atom stereocenters. The Bertz CT molecular complexity index is 909. The summed E-state index contributed by atoms with van der Waals surface area (Å²) in [6.45, 7) is 4.20. The van der Waals surface area contributed by atoms with E-state index in [0.717, 1.165) is 25.0 Å². The van der Waals surface area contributed by atoms with Crippen molar-refractivity contribution in [3.8, 4) is 6.07 Å². The van der Waals surface area contributed by atoms with Crippen molar-refractivity contribution >= 4 is 17.5 Å². The summed E-state index contributed by atoms with van der Waals surface area (Å²) in [5, 5.41) is 18.7. The van der Waals surface area contributed by atoms with E-state index in [9.17, 15) is 9.59 Å². The van der Waals surface area contributed by atoms with E-state index in [4.69, 9.17) is 10.00 Å². The van der Waals surface area contributed by atoms with Crippen molar-refractivity contribution < 1.29 is 14.3 Å². The van der Waals surface area contributed by atoms with Gasteiger partial charge in [-0.2, -0.15) is 10.4 Å². The van der Waals surface area contributed by atoms with Crippen LogP contribution in [-0.4, -0.2) is 39.2 Å². The van der Waals surface area contributed by atoms with Crippen molar-refractivity contribution in [2.24, 2.45) is 0 Å². The Morgan fingerprint density at radius 1 is 1.38 bits per heavy atom. The minimum atomic E-state index is -0.459. The summed E-state index contributed by atoms with van der Waals surface area (Å²) in [6.07, 6.45) is 5.76. The number of aromatic nitrogens is 3. The first kappa shape index (κ1) is 20.5. The molecule has 0 aliphatic carbocycles. The minimum Gasteiger partial charge on any atom is -0.357 e. The SMILES string of the molecule is Cc1ccc(C(=O)Nc2cn(C3CCCCO3)nc2C(=O)N[C@@H](C)CC#N)cn1. The molecule has 152 valence electrons. The topological polar surface area (TPSA) is 122 Å². The Balaban J connectivity index is 1.85. The summed E-state index contributed by atoms with van der Waals surface area (Å²) >= 11 is 0. The molecule has 2 aromatic heterocycles. The van der Waals surface area contributed by atoms with Crippen LogP contribution in [0.1, 0.15) is 65.4 Å². The van der Waals surface area contributed by atoms with Crippen LogP contribution in [0.4, 0.5) is 5.69 Å². The summed E-state index contributed by atoms with van der Waals surface area (Å²) in [6, 6.07) is 5.09. The number of amides is 2. The fourth-order valence-electron chi connectivity index (χ4n) is 3.01. The Kier molecular flexibility index (Phi) is 6.57. The Labute approximate surface area is 169 Å². The van der Waals surface area contributed by atoms with E-state index >= 15 is 0 Å². The van der Waals surface area contributed by atoms with E-state index < -0.39 is 5.91 Å². The molecule has 1 aliphatic rings. The number of nitriles is 1. The highest BCUT2D eigenvalue weighted by atomic mass is 16.5. The Hall–Kier alpha value is -3.25. The van der Waals surface area contributed by atoms with Gasteiger partial charge >= 0.3 is 0 Å². The van der Waals surface area contributed by atoms with Gasteiger partial charge in [-0.15, -0.1) is 0 Å². The molecule has 9 nitrogen and oxygen atoms in total. The Morgan fingerprint density at radius 3 is 2.86 bits per heavy atom. The van der Waals surface area contributed by atoms with Crippen LogP contribution in [0.25, 0.3) is 0 Å². The van der Waals surface area contributed by atoms with Gasteiger partial charge in [0.25, 0.3) is 11.8 Å². The third-order valence-electron chi connectivity index (χ3n) is 4.59. The molecule has 0 saturated carbocycles. The highest BCUT2D eigenvalue weighted by molar-refractivity contribution is 6.08. The largest absolute Gasteiger partial charge is 0.357 e. The highest BCUT2D eigenvalue weighted by Gasteiger charge is 2.24. The molecule has 2 amide bonds. The number of carbonyl (C=O) groups is 2. The molecule has 0 bridgehead atoms. The van der Waals surface area contributed by atoms with Crippen molar-refractivity contribution in [3.05, 3.63) is 41.5 Å². The molecule has 1 fully saturated rings. The molecule has 0 spiro atoms. The Morgan fingerprint density at radius 2 is 2.21 bits per heavy atom. The lowest BCUT2D eigenvalue weighted by molar-refractivity contribution is -0.0395. The zero-order valence-electron chi connectivity index (χ0n) is 16.5. The summed E-state index contributed by atoms with van der Waals surface area (Å²) in [5.74, 6) is -0.847. The number of hydrogen-bond acceptors (Lipinski definition) is 6. The summed E-state index contributed by atoms with van der Waals surface area (Å²) in [5.41, 5.74) is 1.54. The molecule has 2 N–H and O–H groups in total. The molecular formula is C20H24N6O3. The number of carbonyl (C=O) groups excluding carboxylic acids is 2. The van der Waals surface area contributed by atoms with E-state index in [2.05, 4.69) is 20.7 Å². The average Bonchev–Trinajstić information content (AvgIpc) is 3.13. The molecule has 29 heavy (non-hydrogen) atoms. The third-order valence-corrected chi connectivity index (χ3v) is 4.59.